The van der Waals surface area contributed by atoms with Crippen molar-refractivity contribution in [2.75, 3.05) is 29.5 Å². The molecule has 7 nitrogen and oxygen atoms in total. The molecule has 0 radical (unpaired) electrons. The summed E-state index contributed by atoms with van der Waals surface area (Å²) in [5.41, 5.74) is 16.2. The van der Waals surface area contributed by atoms with Gasteiger partial charge in [-0.2, -0.15) is 8.42 Å². The molecule has 0 aliphatic carbocycles. The molecule has 1 unspecified atom stereocenters. The van der Waals surface area contributed by atoms with Gasteiger partial charge in [0.25, 0.3) is 0 Å². The number of hydrogen-bond acceptors (Lipinski definition) is 7. The van der Waals surface area contributed by atoms with Gasteiger partial charge in [-0.25, -0.2) is 8.37 Å². The van der Waals surface area contributed by atoms with Gasteiger partial charge in [0, 0.05) is 34.7 Å². The smallest absolute Gasteiger partial charge is 0.399 e. The van der Waals surface area contributed by atoms with Crippen molar-refractivity contribution < 1.29 is 16.8 Å². The number of nitrogen functional groups attached to an aromatic ring is 2. The Balaban J connectivity index is 2.19. The molecule has 2 aromatic rings. The van der Waals surface area contributed by atoms with Crippen molar-refractivity contribution in [1.82, 2.24) is 0 Å². The average molecular weight is 363 g/mol. The summed E-state index contributed by atoms with van der Waals surface area (Å²) in [7, 11) is -4.16. The van der Waals surface area contributed by atoms with Gasteiger partial charge in [-0.3, -0.25) is 0 Å². The molecule has 1 atom stereocenters. The lowest BCUT2D eigenvalue weighted by atomic mass is 9.91. The summed E-state index contributed by atoms with van der Waals surface area (Å²) in [5, 5.41) is 0. The summed E-state index contributed by atoms with van der Waals surface area (Å²) in [6.07, 6.45) is -0.880. The number of nitrogens with two attached hydrogens (primary N) is 2. The average Bonchev–Trinajstić information content (AvgIpc) is 2.54. The molecule has 3 rings (SSSR count). The van der Waals surface area contributed by atoms with E-state index in [-0.39, 0.29) is 6.61 Å². The highest BCUT2D eigenvalue weighted by molar-refractivity contribution is 7.81. The zero-order valence-corrected chi connectivity index (χ0v) is 14.9. The molecule has 0 spiro atoms. The Bertz CT molecular complexity index is 899. The molecule has 0 fully saturated rings. The van der Waals surface area contributed by atoms with Crippen molar-refractivity contribution in [3.8, 4) is 11.1 Å². The fourth-order valence-corrected chi connectivity index (χ4v) is 3.84. The minimum Gasteiger partial charge on any atom is -0.399 e. The Hall–Kier alpha value is -2.29. The Morgan fingerprint density at radius 2 is 1.68 bits per heavy atom. The van der Waals surface area contributed by atoms with Crippen LogP contribution in [0.4, 0.5) is 17.1 Å². The zero-order valence-electron chi connectivity index (χ0n) is 14.1. The van der Waals surface area contributed by atoms with Crippen LogP contribution in [0, 0.1) is 0 Å². The largest absolute Gasteiger partial charge is 0.402 e. The lowest BCUT2D eigenvalue weighted by Crippen LogP contribution is -2.35. The van der Waals surface area contributed by atoms with Gasteiger partial charge in [0.2, 0.25) is 0 Å². The summed E-state index contributed by atoms with van der Waals surface area (Å²) < 4.78 is 34.3. The maximum absolute atomic E-state index is 12.1. The standard InChI is InChI=1S/C17H21N3O4S/c1-3-20-16-10-12(19)6-8-14(16)13-7-5-11(18)9-15(13)17(20)24-25(21,22)23-4-2/h5-10,17H,3-4,18-19H2,1-2H3. The normalized spacial score (nSPS) is 16.4. The lowest BCUT2D eigenvalue weighted by Gasteiger charge is -2.38. The van der Waals surface area contributed by atoms with Crippen molar-refractivity contribution in [3.05, 3.63) is 42.0 Å². The van der Waals surface area contributed by atoms with Crippen LogP contribution in [0.3, 0.4) is 0 Å². The van der Waals surface area contributed by atoms with Gasteiger partial charge >= 0.3 is 10.4 Å². The molecule has 4 N–H and O–H groups in total. The second-order valence-corrected chi connectivity index (χ2v) is 6.92. The van der Waals surface area contributed by atoms with Crippen LogP contribution in [0.2, 0.25) is 0 Å². The van der Waals surface area contributed by atoms with E-state index >= 15 is 0 Å². The summed E-state index contributed by atoms with van der Waals surface area (Å²) in [5.74, 6) is 0. The fraction of sp³-hybridized carbons (Fsp3) is 0.294. The first-order valence-corrected chi connectivity index (χ1v) is 9.33. The highest BCUT2D eigenvalue weighted by atomic mass is 32.3. The number of benzene rings is 2. The maximum Gasteiger partial charge on any atom is 0.402 e. The van der Waals surface area contributed by atoms with E-state index < -0.39 is 16.6 Å². The second-order valence-electron chi connectivity index (χ2n) is 5.67. The van der Waals surface area contributed by atoms with Gasteiger partial charge in [-0.1, -0.05) is 12.1 Å². The Kier molecular flexibility index (Phi) is 4.59. The molecular weight excluding hydrogens is 342 g/mol. The molecule has 0 saturated carbocycles. The number of rotatable bonds is 5. The molecule has 0 amide bonds. The van der Waals surface area contributed by atoms with E-state index in [9.17, 15) is 8.42 Å². The molecule has 1 heterocycles. The summed E-state index contributed by atoms with van der Waals surface area (Å²) in [4.78, 5) is 1.82. The number of nitrogens with zero attached hydrogens (tertiary/aromatic N) is 1. The van der Waals surface area contributed by atoms with Crippen LogP contribution in [-0.4, -0.2) is 21.6 Å². The summed E-state index contributed by atoms with van der Waals surface area (Å²) in [6.45, 7) is 4.00. The molecule has 134 valence electrons. The SMILES string of the molecule is CCOS(=O)(=O)OC1c2cc(N)ccc2-c2ccc(N)cc2N1CC. The topological polar surface area (TPSA) is 108 Å². The van der Waals surface area contributed by atoms with Crippen molar-refractivity contribution in [2.45, 2.75) is 20.1 Å². The quantitative estimate of drug-likeness (QED) is 0.786. The molecule has 0 aromatic heterocycles. The molecular formula is C17H21N3O4S. The second kappa shape index (κ2) is 6.55. The van der Waals surface area contributed by atoms with Gasteiger partial charge in [0.1, 0.15) is 0 Å². The Morgan fingerprint density at radius 3 is 2.32 bits per heavy atom. The first-order chi connectivity index (χ1) is 11.9. The fourth-order valence-electron chi connectivity index (χ4n) is 3.06. The van der Waals surface area contributed by atoms with Crippen LogP contribution in [0.25, 0.3) is 11.1 Å². The van der Waals surface area contributed by atoms with Crippen molar-refractivity contribution in [1.29, 1.82) is 0 Å². The predicted octanol–water partition coefficient (Wildman–Crippen LogP) is 2.65. The van der Waals surface area contributed by atoms with E-state index in [1.54, 1.807) is 19.1 Å². The number of hydrogen-bond donors (Lipinski definition) is 2. The molecule has 2 aromatic carbocycles. The van der Waals surface area contributed by atoms with Gasteiger partial charge in [-0.15, -0.1) is 0 Å². The summed E-state index contributed by atoms with van der Waals surface area (Å²) >= 11 is 0. The highest BCUT2D eigenvalue weighted by Gasteiger charge is 2.35. The third-order valence-electron chi connectivity index (χ3n) is 4.06. The van der Waals surface area contributed by atoms with Crippen molar-refractivity contribution in [2.24, 2.45) is 0 Å². The molecule has 8 heteroatoms. The van der Waals surface area contributed by atoms with Gasteiger partial charge in [-0.05, 0) is 43.7 Å². The molecule has 1 aliphatic heterocycles. The van der Waals surface area contributed by atoms with Crippen LogP contribution in [0.15, 0.2) is 36.4 Å². The zero-order chi connectivity index (χ0) is 18.2. The van der Waals surface area contributed by atoms with Gasteiger partial charge < -0.3 is 16.4 Å². The van der Waals surface area contributed by atoms with Crippen LogP contribution < -0.4 is 16.4 Å². The van der Waals surface area contributed by atoms with Gasteiger partial charge in [0.05, 0.1) is 6.61 Å². The van der Waals surface area contributed by atoms with Crippen LogP contribution in [0.1, 0.15) is 25.6 Å². The number of fused-ring (bicyclic) bond motifs is 3. The molecule has 1 aliphatic rings. The number of anilines is 3. The molecule has 25 heavy (non-hydrogen) atoms. The maximum atomic E-state index is 12.1. The van der Waals surface area contributed by atoms with E-state index in [1.807, 2.05) is 36.1 Å². The lowest BCUT2D eigenvalue weighted by molar-refractivity contribution is 0.157. The third-order valence-corrected chi connectivity index (χ3v) is 5.00. The van der Waals surface area contributed by atoms with Crippen molar-refractivity contribution in [3.63, 3.8) is 0 Å². The Morgan fingerprint density at radius 1 is 1.04 bits per heavy atom. The van der Waals surface area contributed by atoms with E-state index in [4.69, 9.17) is 19.8 Å². The third kappa shape index (κ3) is 3.28. The monoisotopic (exact) mass is 363 g/mol. The molecule has 0 bridgehead atoms. The Labute approximate surface area is 147 Å². The van der Waals surface area contributed by atoms with Gasteiger partial charge in [0.15, 0.2) is 6.23 Å². The summed E-state index contributed by atoms with van der Waals surface area (Å²) in [6, 6.07) is 10.9. The van der Waals surface area contributed by atoms with E-state index in [0.717, 1.165) is 16.8 Å². The van der Waals surface area contributed by atoms with Crippen LogP contribution in [-0.2, 0) is 18.8 Å². The van der Waals surface area contributed by atoms with Crippen LogP contribution >= 0.6 is 0 Å². The first-order valence-electron chi connectivity index (χ1n) is 8.00. The highest BCUT2D eigenvalue weighted by Crippen LogP contribution is 2.46. The van der Waals surface area contributed by atoms with E-state index in [0.29, 0.717) is 23.5 Å². The predicted molar refractivity (Wildman–Crippen MR) is 98.1 cm³/mol. The minimum atomic E-state index is -4.16. The van der Waals surface area contributed by atoms with Crippen LogP contribution in [0.5, 0.6) is 0 Å². The van der Waals surface area contributed by atoms with E-state index in [1.165, 1.54) is 0 Å². The van der Waals surface area contributed by atoms with E-state index in [2.05, 4.69) is 0 Å². The minimum absolute atomic E-state index is 0.00546. The first kappa shape index (κ1) is 17.5. The molecule has 0 saturated heterocycles. The van der Waals surface area contributed by atoms with Crippen molar-refractivity contribution >= 4 is 27.5 Å².